The van der Waals surface area contributed by atoms with Crippen LogP contribution in [0, 0.1) is 13.8 Å². The Labute approximate surface area is 227 Å². The number of rotatable bonds is 7. The van der Waals surface area contributed by atoms with Gasteiger partial charge in [0.2, 0.25) is 0 Å². The number of unbranched alkanes of at least 4 members (excludes halogenated alkanes) is 2. The zero-order chi connectivity index (χ0) is 20.6. The van der Waals surface area contributed by atoms with E-state index in [0.29, 0.717) is 0 Å². The first-order chi connectivity index (χ1) is 14.1. The molecule has 32 heavy (non-hydrogen) atoms. The van der Waals surface area contributed by atoms with Gasteiger partial charge in [0.05, 0.1) is 0 Å². The van der Waals surface area contributed by atoms with E-state index in [1.807, 2.05) is 0 Å². The molecule has 0 radical (unpaired) electrons. The normalized spacial score (nSPS) is 10.2. The van der Waals surface area contributed by atoms with E-state index in [0.717, 1.165) is 0 Å². The Morgan fingerprint density at radius 3 is 2.03 bits per heavy atom. The number of fused-ring (bicyclic) bond motifs is 2. The van der Waals surface area contributed by atoms with Gasteiger partial charge in [-0.15, -0.1) is 68.8 Å². The van der Waals surface area contributed by atoms with Gasteiger partial charge in [0, 0.05) is 0 Å². The smallest absolute Gasteiger partial charge is 1.00 e. The van der Waals surface area contributed by atoms with Gasteiger partial charge in [-0.3, -0.25) is 0 Å². The van der Waals surface area contributed by atoms with Gasteiger partial charge < -0.3 is 24.8 Å². The van der Waals surface area contributed by atoms with Gasteiger partial charge in [0.25, 0.3) is 0 Å². The molecule has 0 aliphatic heterocycles. The van der Waals surface area contributed by atoms with Gasteiger partial charge in [0.15, 0.2) is 0 Å². The largest absolute Gasteiger partial charge is 4.00 e. The van der Waals surface area contributed by atoms with Crippen molar-refractivity contribution in [2.24, 2.45) is 0 Å². The third-order valence-corrected chi connectivity index (χ3v) is 8.48. The fraction of sp³-hybridized carbons (Fsp3) is 0.357. The molecule has 0 fully saturated rings. The Kier molecular flexibility index (Phi) is 16.0. The maximum atomic E-state index is 2.44. The summed E-state index contributed by atoms with van der Waals surface area (Å²) >= 11 is 0. The fourth-order valence-corrected chi connectivity index (χ4v) is 6.70. The quantitative estimate of drug-likeness (QED) is 0.164. The van der Waals surface area contributed by atoms with Gasteiger partial charge in [-0.25, -0.2) is 0 Å². The third kappa shape index (κ3) is 8.39. The second kappa shape index (κ2) is 16.2. The molecule has 0 aliphatic carbocycles. The predicted octanol–water partition coefficient (Wildman–Crippen LogP) is 2.45. The average Bonchev–Trinajstić information content (AvgIpc) is 3.39. The van der Waals surface area contributed by atoms with Crippen LogP contribution in [0.15, 0.2) is 66.7 Å². The Balaban J connectivity index is 0.000000598. The van der Waals surface area contributed by atoms with Crippen molar-refractivity contribution in [3.63, 3.8) is 0 Å². The minimum Gasteiger partial charge on any atom is -1.00 e. The van der Waals surface area contributed by atoms with Crippen LogP contribution < -0.4 is 30.1 Å². The van der Waals surface area contributed by atoms with Gasteiger partial charge >= 0.3 is 25.8 Å². The summed E-state index contributed by atoms with van der Waals surface area (Å²) in [5, 5.41) is 7.27. The zero-order valence-corrected chi connectivity index (χ0v) is 25.8. The summed E-state index contributed by atoms with van der Waals surface area (Å²) in [4.78, 5) is 0. The van der Waals surface area contributed by atoms with E-state index in [1.54, 1.807) is 5.30 Å². The monoisotopic (exact) mass is 652 g/mol. The molecule has 0 unspecified atom stereocenters. The molecule has 170 valence electrons. The van der Waals surface area contributed by atoms with Crippen LogP contribution in [0.5, 0.6) is 0 Å². The van der Waals surface area contributed by atoms with Crippen molar-refractivity contribution >= 4 is 34.8 Å². The van der Waals surface area contributed by atoms with E-state index in [-0.39, 0.29) is 58.6 Å². The Morgan fingerprint density at radius 2 is 1.44 bits per heavy atom. The Morgan fingerprint density at radius 1 is 0.812 bits per heavy atom. The molecular formula is C28H35Cl2HfP. The number of hydrogen-bond donors (Lipinski definition) is 0. The summed E-state index contributed by atoms with van der Waals surface area (Å²) in [6.45, 7) is 8.91. The molecule has 0 bridgehead atoms. The van der Waals surface area contributed by atoms with Gasteiger partial charge in [-0.05, 0) is 32.1 Å². The van der Waals surface area contributed by atoms with Crippen molar-refractivity contribution in [2.45, 2.75) is 53.4 Å². The molecular weight excluding hydrogens is 617 g/mol. The van der Waals surface area contributed by atoms with Crippen LogP contribution in [0.25, 0.3) is 21.5 Å². The summed E-state index contributed by atoms with van der Waals surface area (Å²) in [6.07, 6.45) is 8.26. The Hall–Kier alpha value is -0.460. The summed E-state index contributed by atoms with van der Waals surface area (Å²) in [6, 6.07) is 24.5. The van der Waals surface area contributed by atoms with E-state index in [4.69, 9.17) is 0 Å². The first kappa shape index (κ1) is 31.5. The fourth-order valence-electron chi connectivity index (χ4n) is 3.92. The number of benzene rings is 2. The van der Waals surface area contributed by atoms with Crippen molar-refractivity contribution in [3.05, 3.63) is 77.9 Å². The molecule has 0 aromatic heterocycles. The molecule has 0 spiro atoms. The summed E-state index contributed by atoms with van der Waals surface area (Å²) in [5.41, 5.74) is 2.74. The molecule has 0 heterocycles. The van der Waals surface area contributed by atoms with Crippen molar-refractivity contribution in [1.29, 1.82) is 0 Å². The van der Waals surface area contributed by atoms with Crippen molar-refractivity contribution in [1.82, 2.24) is 0 Å². The molecule has 0 saturated carbocycles. The molecule has 0 saturated heterocycles. The molecule has 0 amide bonds. The number of hydrogen-bond acceptors (Lipinski definition) is 0. The van der Waals surface area contributed by atoms with Crippen LogP contribution in [0.4, 0.5) is 0 Å². The SMILES string of the molecule is CCCCP(CCCC)c1cc2ccccc2[cH-]1.Cc1ccc(C)c2[cH-]ccc12.[Cl-].[Cl-].[Hf+4]. The van der Waals surface area contributed by atoms with E-state index >= 15 is 0 Å². The number of aryl methyl sites for hydroxylation is 2. The maximum Gasteiger partial charge on any atom is 4.00 e. The standard InChI is InChI=1S/C17H24P.C11H11.2ClH.Hf/c1-3-5-11-18(12-6-4-2)17-13-15-9-7-8-10-16(15)14-17;1-8-6-7-9(2)11-5-3-4-10(8)11;;;/h7-10,13-14H,3-6,11-12H2,1-2H3;3-7H,1-2H3;2*1H;/q2*-1;;;+4/p-2. The van der Waals surface area contributed by atoms with Crippen LogP contribution in [-0.4, -0.2) is 12.3 Å². The van der Waals surface area contributed by atoms with E-state index in [9.17, 15) is 0 Å². The van der Waals surface area contributed by atoms with Crippen LogP contribution >= 0.6 is 7.92 Å². The molecule has 4 rings (SSSR count). The van der Waals surface area contributed by atoms with E-state index < -0.39 is 0 Å². The zero-order valence-electron chi connectivity index (χ0n) is 19.8. The maximum absolute atomic E-state index is 2.44. The molecule has 0 nitrogen and oxygen atoms in total. The summed E-state index contributed by atoms with van der Waals surface area (Å²) in [5.74, 6) is 0. The molecule has 4 aromatic carbocycles. The predicted molar refractivity (Wildman–Crippen MR) is 135 cm³/mol. The van der Waals surface area contributed by atoms with Gasteiger partial charge in [-0.2, -0.15) is 18.2 Å². The van der Waals surface area contributed by atoms with Gasteiger partial charge in [0.1, 0.15) is 0 Å². The molecule has 0 atom stereocenters. The molecule has 0 N–H and O–H groups in total. The molecule has 4 aromatic rings. The number of halogens is 2. The van der Waals surface area contributed by atoms with Crippen LogP contribution in [0.1, 0.15) is 50.7 Å². The average molecular weight is 652 g/mol. The summed E-state index contributed by atoms with van der Waals surface area (Å²) in [7, 11) is 0.0856. The summed E-state index contributed by atoms with van der Waals surface area (Å²) < 4.78 is 0. The van der Waals surface area contributed by atoms with E-state index in [1.165, 1.54) is 70.7 Å². The third-order valence-electron chi connectivity index (χ3n) is 5.78. The van der Waals surface area contributed by atoms with Crippen molar-refractivity contribution in [3.8, 4) is 0 Å². The minimum absolute atomic E-state index is 0. The molecule has 4 heteroatoms. The first-order valence-corrected chi connectivity index (χ1v) is 12.9. The van der Waals surface area contributed by atoms with Crippen LogP contribution in [0.3, 0.4) is 0 Å². The van der Waals surface area contributed by atoms with Crippen LogP contribution in [0.2, 0.25) is 0 Å². The van der Waals surface area contributed by atoms with Crippen molar-refractivity contribution < 1.29 is 50.7 Å². The second-order valence-electron chi connectivity index (χ2n) is 8.09. The topological polar surface area (TPSA) is 0 Å². The minimum atomic E-state index is 0. The van der Waals surface area contributed by atoms with E-state index in [2.05, 4.69) is 94.4 Å². The second-order valence-corrected chi connectivity index (χ2v) is 10.6. The van der Waals surface area contributed by atoms with Gasteiger partial charge in [-0.1, -0.05) is 59.2 Å². The van der Waals surface area contributed by atoms with Crippen LogP contribution in [-0.2, 0) is 25.8 Å². The van der Waals surface area contributed by atoms with Crippen molar-refractivity contribution in [2.75, 3.05) is 12.3 Å². The first-order valence-electron chi connectivity index (χ1n) is 11.2. The Bertz CT molecular complexity index is 957. The molecule has 0 aliphatic rings.